The standard InChI is InChI=1S/C13H11F2N3O2S3/c14-10(15)5-22-13-18-7-2-1-6(3-9(7)23-13)16-11(19)8-4-21-12(20)17-8/h1-3,8,10H,4-5H2,(H,16,19)(H,17,20). The molecule has 1 saturated heterocycles. The van der Waals surface area contributed by atoms with Gasteiger partial charge in [0.2, 0.25) is 12.3 Å². The zero-order valence-corrected chi connectivity index (χ0v) is 14.0. The third kappa shape index (κ3) is 4.12. The lowest BCUT2D eigenvalue weighted by atomic mass is 10.2. The fourth-order valence-electron chi connectivity index (χ4n) is 1.93. The molecular weight excluding hydrogens is 364 g/mol. The summed E-state index contributed by atoms with van der Waals surface area (Å²) in [6, 6.07) is 4.64. The van der Waals surface area contributed by atoms with Crippen LogP contribution in [0.4, 0.5) is 19.3 Å². The molecule has 1 atom stereocenters. The van der Waals surface area contributed by atoms with Crippen molar-refractivity contribution >= 4 is 61.9 Å². The van der Waals surface area contributed by atoms with Crippen molar-refractivity contribution in [3.63, 3.8) is 0 Å². The van der Waals surface area contributed by atoms with Crippen LogP contribution in [-0.4, -0.2) is 40.1 Å². The number of carbonyl (C=O) groups excluding carboxylic acids is 2. The van der Waals surface area contributed by atoms with Gasteiger partial charge in [-0.2, -0.15) is 0 Å². The van der Waals surface area contributed by atoms with Gasteiger partial charge in [-0.15, -0.1) is 11.3 Å². The number of alkyl halides is 2. The van der Waals surface area contributed by atoms with E-state index in [1.807, 2.05) is 0 Å². The molecule has 10 heteroatoms. The van der Waals surface area contributed by atoms with E-state index in [-0.39, 0.29) is 16.9 Å². The zero-order chi connectivity index (χ0) is 16.4. The van der Waals surface area contributed by atoms with E-state index in [0.717, 1.165) is 28.2 Å². The number of hydrogen-bond acceptors (Lipinski definition) is 6. The molecular formula is C13H11F2N3O2S3. The molecule has 0 radical (unpaired) electrons. The highest BCUT2D eigenvalue weighted by molar-refractivity contribution is 8.14. The van der Waals surface area contributed by atoms with E-state index in [1.54, 1.807) is 18.2 Å². The summed E-state index contributed by atoms with van der Waals surface area (Å²) in [6.45, 7) is 0. The molecule has 0 aliphatic carbocycles. The van der Waals surface area contributed by atoms with E-state index >= 15 is 0 Å². The Morgan fingerprint density at radius 1 is 1.52 bits per heavy atom. The number of nitrogens with zero attached hydrogens (tertiary/aromatic N) is 1. The second kappa shape index (κ2) is 7.02. The van der Waals surface area contributed by atoms with Gasteiger partial charge in [-0.05, 0) is 18.2 Å². The average Bonchev–Trinajstić information content (AvgIpc) is 3.10. The molecule has 1 fully saturated rings. The van der Waals surface area contributed by atoms with Gasteiger partial charge in [0.05, 0.1) is 16.0 Å². The lowest BCUT2D eigenvalue weighted by molar-refractivity contribution is -0.117. The Balaban J connectivity index is 1.69. The van der Waals surface area contributed by atoms with Crippen molar-refractivity contribution in [2.24, 2.45) is 0 Å². The molecule has 1 aliphatic rings. The lowest BCUT2D eigenvalue weighted by Gasteiger charge is -2.10. The van der Waals surface area contributed by atoms with E-state index < -0.39 is 12.5 Å². The number of thiazole rings is 1. The van der Waals surface area contributed by atoms with Crippen LogP contribution in [0.5, 0.6) is 0 Å². The number of rotatable bonds is 5. The number of fused-ring (bicyclic) bond motifs is 1. The van der Waals surface area contributed by atoms with Crippen molar-refractivity contribution in [2.45, 2.75) is 16.8 Å². The summed E-state index contributed by atoms with van der Waals surface area (Å²) in [7, 11) is 0. The molecule has 2 amide bonds. The van der Waals surface area contributed by atoms with E-state index in [0.29, 0.717) is 21.3 Å². The number of amides is 2. The van der Waals surface area contributed by atoms with Crippen LogP contribution in [0.3, 0.4) is 0 Å². The van der Waals surface area contributed by atoms with Crippen LogP contribution in [0.2, 0.25) is 0 Å². The zero-order valence-electron chi connectivity index (χ0n) is 11.5. The summed E-state index contributed by atoms with van der Waals surface area (Å²) in [6.07, 6.45) is -2.37. The number of benzene rings is 1. The van der Waals surface area contributed by atoms with Crippen molar-refractivity contribution in [2.75, 3.05) is 16.8 Å². The predicted molar refractivity (Wildman–Crippen MR) is 89.8 cm³/mol. The van der Waals surface area contributed by atoms with E-state index in [4.69, 9.17) is 0 Å². The smallest absolute Gasteiger partial charge is 0.279 e. The number of hydrogen-bond donors (Lipinski definition) is 2. The first-order valence-electron chi connectivity index (χ1n) is 6.57. The Morgan fingerprint density at radius 3 is 3.04 bits per heavy atom. The molecule has 3 rings (SSSR count). The maximum absolute atomic E-state index is 12.2. The first-order chi connectivity index (χ1) is 11.0. The van der Waals surface area contributed by atoms with Gasteiger partial charge in [0.1, 0.15) is 6.04 Å². The number of carbonyl (C=O) groups is 2. The number of anilines is 1. The molecule has 0 bridgehead atoms. The maximum atomic E-state index is 12.2. The lowest BCUT2D eigenvalue weighted by Crippen LogP contribution is -2.38. The molecule has 2 aromatic rings. The van der Waals surface area contributed by atoms with Gasteiger partial charge in [0, 0.05) is 11.4 Å². The molecule has 23 heavy (non-hydrogen) atoms. The van der Waals surface area contributed by atoms with Crippen molar-refractivity contribution in [1.82, 2.24) is 10.3 Å². The minimum atomic E-state index is -2.37. The van der Waals surface area contributed by atoms with Crippen LogP contribution in [0.1, 0.15) is 0 Å². The summed E-state index contributed by atoms with van der Waals surface area (Å²) in [4.78, 5) is 27.4. The summed E-state index contributed by atoms with van der Waals surface area (Å²) in [5.41, 5.74) is 1.29. The van der Waals surface area contributed by atoms with Gasteiger partial charge >= 0.3 is 0 Å². The molecule has 0 spiro atoms. The normalized spacial score (nSPS) is 17.7. The molecule has 1 aliphatic heterocycles. The second-order valence-electron chi connectivity index (χ2n) is 4.65. The molecule has 0 saturated carbocycles. The molecule has 1 aromatic carbocycles. The van der Waals surface area contributed by atoms with Gasteiger partial charge in [-0.3, -0.25) is 9.59 Å². The first-order valence-corrected chi connectivity index (χ1v) is 9.36. The summed E-state index contributed by atoms with van der Waals surface area (Å²) < 4.78 is 25.9. The van der Waals surface area contributed by atoms with Crippen LogP contribution < -0.4 is 10.6 Å². The van der Waals surface area contributed by atoms with Crippen LogP contribution in [0.15, 0.2) is 22.5 Å². The fourth-order valence-corrected chi connectivity index (χ4v) is 4.59. The Morgan fingerprint density at radius 2 is 2.35 bits per heavy atom. The summed E-state index contributed by atoms with van der Waals surface area (Å²) >= 11 is 3.40. The van der Waals surface area contributed by atoms with Crippen LogP contribution in [0, 0.1) is 0 Å². The van der Waals surface area contributed by atoms with Crippen molar-refractivity contribution in [1.29, 1.82) is 0 Å². The van der Waals surface area contributed by atoms with Gasteiger partial charge in [0.15, 0.2) is 4.34 Å². The third-order valence-electron chi connectivity index (χ3n) is 2.96. The number of thioether (sulfide) groups is 2. The Kier molecular flexibility index (Phi) is 5.02. The topological polar surface area (TPSA) is 71.1 Å². The first kappa shape index (κ1) is 16.5. The molecule has 2 heterocycles. The molecule has 1 aromatic heterocycles. The Bertz CT molecular complexity index is 753. The average molecular weight is 375 g/mol. The highest BCUT2D eigenvalue weighted by atomic mass is 32.2. The number of aromatic nitrogens is 1. The van der Waals surface area contributed by atoms with Gasteiger partial charge < -0.3 is 10.6 Å². The monoisotopic (exact) mass is 375 g/mol. The maximum Gasteiger partial charge on any atom is 0.279 e. The summed E-state index contributed by atoms with van der Waals surface area (Å²) in [5.74, 6) is -0.163. The van der Waals surface area contributed by atoms with Gasteiger partial charge in [-0.1, -0.05) is 23.5 Å². The van der Waals surface area contributed by atoms with Gasteiger partial charge in [0.25, 0.3) is 5.24 Å². The molecule has 122 valence electrons. The van der Waals surface area contributed by atoms with Crippen LogP contribution in [0.25, 0.3) is 10.2 Å². The van der Waals surface area contributed by atoms with Crippen molar-refractivity contribution in [3.8, 4) is 0 Å². The molecule has 1 unspecified atom stereocenters. The highest BCUT2D eigenvalue weighted by Gasteiger charge is 2.28. The quantitative estimate of drug-likeness (QED) is 0.784. The minimum absolute atomic E-state index is 0.205. The molecule has 2 N–H and O–H groups in total. The van der Waals surface area contributed by atoms with Crippen molar-refractivity contribution < 1.29 is 18.4 Å². The minimum Gasteiger partial charge on any atom is -0.334 e. The molecule has 5 nitrogen and oxygen atoms in total. The van der Waals surface area contributed by atoms with Crippen molar-refractivity contribution in [3.05, 3.63) is 18.2 Å². The SMILES string of the molecule is O=C1NC(C(=O)Nc2ccc3nc(SCC(F)F)sc3c2)CS1. The highest BCUT2D eigenvalue weighted by Crippen LogP contribution is 2.32. The predicted octanol–water partition coefficient (Wildman–Crippen LogP) is 3.42. The van der Waals surface area contributed by atoms with Crippen LogP contribution >= 0.6 is 34.9 Å². The largest absolute Gasteiger partial charge is 0.334 e. The van der Waals surface area contributed by atoms with E-state index in [2.05, 4.69) is 15.6 Å². The van der Waals surface area contributed by atoms with E-state index in [1.165, 1.54) is 11.3 Å². The fraction of sp³-hybridized carbons (Fsp3) is 0.308. The number of nitrogens with one attached hydrogen (secondary N) is 2. The Labute approximate surface area is 142 Å². The number of halogens is 2. The third-order valence-corrected chi connectivity index (χ3v) is 6.01. The van der Waals surface area contributed by atoms with Crippen LogP contribution in [-0.2, 0) is 4.79 Å². The van der Waals surface area contributed by atoms with E-state index in [9.17, 15) is 18.4 Å². The second-order valence-corrected chi connectivity index (χ2v) is 7.94. The summed E-state index contributed by atoms with van der Waals surface area (Å²) in [5, 5.41) is 5.11. The van der Waals surface area contributed by atoms with Gasteiger partial charge in [-0.25, -0.2) is 13.8 Å². The Hall–Kier alpha value is -1.39.